The van der Waals surface area contributed by atoms with Crippen LogP contribution in [0.4, 0.5) is 0 Å². The normalized spacial score (nSPS) is 14.3. The number of carbonyl (C=O) groups excluding carboxylic acids is 2. The summed E-state index contributed by atoms with van der Waals surface area (Å²) in [6.45, 7) is 0.318. The summed E-state index contributed by atoms with van der Waals surface area (Å²) in [6, 6.07) is 16.0. The van der Waals surface area contributed by atoms with Crippen molar-refractivity contribution in [3.63, 3.8) is 0 Å². The summed E-state index contributed by atoms with van der Waals surface area (Å²) in [7, 11) is 0. The molecular formula is C28H30ClN3O4. The second-order valence-electron chi connectivity index (χ2n) is 9.00. The number of hydrogen-bond donors (Lipinski definition) is 3. The third-order valence-corrected chi connectivity index (χ3v) is 6.95. The van der Waals surface area contributed by atoms with E-state index in [2.05, 4.69) is 10.5 Å². The van der Waals surface area contributed by atoms with Gasteiger partial charge >= 0.3 is 0 Å². The predicted octanol–water partition coefficient (Wildman–Crippen LogP) is 4.66. The van der Waals surface area contributed by atoms with Crippen LogP contribution in [0.2, 0.25) is 5.02 Å². The van der Waals surface area contributed by atoms with Gasteiger partial charge < -0.3 is 15.1 Å². The van der Waals surface area contributed by atoms with Crippen LogP contribution in [-0.2, 0) is 11.2 Å². The minimum absolute atomic E-state index is 0.0299. The molecule has 0 bridgehead atoms. The maximum atomic E-state index is 13.3. The van der Waals surface area contributed by atoms with Crippen LogP contribution in [0.5, 0.6) is 5.75 Å². The molecule has 188 valence electrons. The highest BCUT2D eigenvalue weighted by Gasteiger charge is 2.25. The maximum absolute atomic E-state index is 13.3. The van der Waals surface area contributed by atoms with Gasteiger partial charge in [0, 0.05) is 23.7 Å². The van der Waals surface area contributed by atoms with Gasteiger partial charge in [-0.05, 0) is 47.4 Å². The Morgan fingerprint density at radius 1 is 1.06 bits per heavy atom. The molecule has 0 radical (unpaired) electrons. The van der Waals surface area contributed by atoms with Gasteiger partial charge in [0.25, 0.3) is 5.91 Å². The molecule has 1 fully saturated rings. The first-order valence-electron chi connectivity index (χ1n) is 12.2. The Labute approximate surface area is 215 Å². The molecule has 0 aromatic heterocycles. The average Bonchev–Trinajstić information content (AvgIpc) is 2.90. The van der Waals surface area contributed by atoms with E-state index < -0.39 is 5.91 Å². The highest BCUT2D eigenvalue weighted by molar-refractivity contribution is 6.32. The number of carbonyl (C=O) groups is 2. The Kier molecular flexibility index (Phi) is 8.57. The Balaban J connectivity index is 1.51. The lowest BCUT2D eigenvalue weighted by Gasteiger charge is -2.34. The molecule has 7 nitrogen and oxygen atoms in total. The molecule has 1 saturated carbocycles. The molecule has 0 heterocycles. The molecule has 3 N–H and O–H groups in total. The smallest absolute Gasteiger partial charge is 0.271 e. The SMILES string of the molecule is O=C(NN=Cc1ccc(CC(=O)N(CCO)C2CCCCC2)c2ccccc12)c1ccc(O)c(Cl)c1. The number of rotatable bonds is 8. The van der Waals surface area contributed by atoms with E-state index in [1.165, 1.54) is 24.6 Å². The maximum Gasteiger partial charge on any atom is 0.271 e. The van der Waals surface area contributed by atoms with Crippen molar-refractivity contribution in [3.05, 3.63) is 76.3 Å². The van der Waals surface area contributed by atoms with Crippen LogP contribution in [-0.4, -0.2) is 52.3 Å². The van der Waals surface area contributed by atoms with Crippen LogP contribution in [0.25, 0.3) is 10.8 Å². The van der Waals surface area contributed by atoms with Crippen molar-refractivity contribution in [1.82, 2.24) is 10.3 Å². The lowest BCUT2D eigenvalue weighted by atomic mass is 9.93. The van der Waals surface area contributed by atoms with E-state index in [4.69, 9.17) is 11.6 Å². The summed E-state index contributed by atoms with van der Waals surface area (Å²) in [4.78, 5) is 27.5. The fourth-order valence-corrected chi connectivity index (χ4v) is 4.98. The summed E-state index contributed by atoms with van der Waals surface area (Å²) >= 11 is 5.88. The highest BCUT2D eigenvalue weighted by atomic mass is 35.5. The number of fused-ring (bicyclic) bond motifs is 1. The van der Waals surface area contributed by atoms with Gasteiger partial charge in [-0.1, -0.05) is 67.3 Å². The molecule has 8 heteroatoms. The number of aromatic hydroxyl groups is 1. The van der Waals surface area contributed by atoms with Crippen LogP contribution in [0.3, 0.4) is 0 Å². The monoisotopic (exact) mass is 507 g/mol. The van der Waals surface area contributed by atoms with Crippen molar-refractivity contribution in [1.29, 1.82) is 0 Å². The molecule has 0 atom stereocenters. The number of amides is 2. The zero-order chi connectivity index (χ0) is 25.5. The van der Waals surface area contributed by atoms with Crippen molar-refractivity contribution in [3.8, 4) is 5.75 Å². The quantitative estimate of drug-likeness (QED) is 0.305. The summed E-state index contributed by atoms with van der Waals surface area (Å²) in [5.41, 5.74) is 4.46. The number of nitrogens with zero attached hydrogens (tertiary/aromatic N) is 2. The molecule has 0 saturated heterocycles. The van der Waals surface area contributed by atoms with Crippen molar-refractivity contribution < 1.29 is 19.8 Å². The topological polar surface area (TPSA) is 102 Å². The summed E-state index contributed by atoms with van der Waals surface area (Å²) in [5.74, 6) is -0.520. The number of aliphatic hydroxyl groups excluding tert-OH is 1. The van der Waals surface area contributed by atoms with E-state index in [1.807, 2.05) is 41.3 Å². The van der Waals surface area contributed by atoms with Crippen LogP contribution in [0.15, 0.2) is 59.7 Å². The number of hydrazone groups is 1. The molecule has 2 amide bonds. The Morgan fingerprint density at radius 3 is 2.53 bits per heavy atom. The van der Waals surface area contributed by atoms with Gasteiger partial charge in [0.1, 0.15) is 5.75 Å². The summed E-state index contributed by atoms with van der Waals surface area (Å²) < 4.78 is 0. The molecule has 0 spiro atoms. The van der Waals surface area contributed by atoms with E-state index in [-0.39, 0.29) is 41.3 Å². The van der Waals surface area contributed by atoms with Gasteiger partial charge in [0.15, 0.2) is 0 Å². The van der Waals surface area contributed by atoms with Crippen LogP contribution < -0.4 is 5.43 Å². The molecule has 4 rings (SSSR count). The van der Waals surface area contributed by atoms with Gasteiger partial charge in [0.2, 0.25) is 5.91 Å². The van der Waals surface area contributed by atoms with Gasteiger partial charge in [-0.25, -0.2) is 5.43 Å². The van der Waals surface area contributed by atoms with Crippen LogP contribution in [0.1, 0.15) is 53.6 Å². The molecule has 0 aliphatic heterocycles. The second-order valence-corrected chi connectivity index (χ2v) is 9.41. The van der Waals surface area contributed by atoms with Gasteiger partial charge in [-0.2, -0.15) is 5.10 Å². The number of benzene rings is 3. The minimum Gasteiger partial charge on any atom is -0.506 e. The Bertz CT molecular complexity index is 1270. The van der Waals surface area contributed by atoms with Gasteiger partial charge in [-0.15, -0.1) is 0 Å². The number of phenolic OH excluding ortho intramolecular Hbond substituents is 1. The zero-order valence-corrected chi connectivity index (χ0v) is 20.7. The first-order valence-corrected chi connectivity index (χ1v) is 12.6. The third kappa shape index (κ3) is 6.04. The van der Waals surface area contributed by atoms with Gasteiger partial charge in [0.05, 0.1) is 24.3 Å². The lowest BCUT2D eigenvalue weighted by Crippen LogP contribution is -2.43. The second kappa shape index (κ2) is 12.0. The molecule has 1 aliphatic rings. The lowest BCUT2D eigenvalue weighted by molar-refractivity contribution is -0.134. The fourth-order valence-electron chi connectivity index (χ4n) is 4.80. The van der Waals surface area contributed by atoms with E-state index >= 15 is 0 Å². The summed E-state index contributed by atoms with van der Waals surface area (Å²) in [6.07, 6.45) is 7.24. The number of phenols is 1. The molecule has 3 aromatic rings. The standard InChI is InChI=1S/C28H30ClN3O4/c29-25-16-20(12-13-26(25)34)28(36)31-30-18-21-11-10-19(23-8-4-5-9-24(21)23)17-27(35)32(14-15-33)22-6-2-1-3-7-22/h4-5,8-13,16,18,22,33-34H,1-3,6-7,14-15,17H2,(H,31,36). The van der Waals surface area contributed by atoms with Crippen molar-refractivity contribution in [2.24, 2.45) is 5.10 Å². The van der Waals surface area contributed by atoms with Gasteiger partial charge in [-0.3, -0.25) is 9.59 Å². The number of nitrogens with one attached hydrogen (secondary N) is 1. The van der Waals surface area contributed by atoms with E-state index in [9.17, 15) is 19.8 Å². The largest absolute Gasteiger partial charge is 0.506 e. The molecular weight excluding hydrogens is 478 g/mol. The molecule has 3 aromatic carbocycles. The third-order valence-electron chi connectivity index (χ3n) is 6.65. The number of hydrogen-bond acceptors (Lipinski definition) is 5. The van der Waals surface area contributed by atoms with Crippen molar-refractivity contribution >= 4 is 40.4 Å². The number of halogens is 1. The summed E-state index contributed by atoms with van der Waals surface area (Å²) in [5, 5.41) is 25.1. The van der Waals surface area contributed by atoms with Crippen LogP contribution >= 0.6 is 11.6 Å². The first-order chi connectivity index (χ1) is 17.5. The predicted molar refractivity (Wildman–Crippen MR) is 142 cm³/mol. The van der Waals surface area contributed by atoms with E-state index in [0.717, 1.165) is 47.6 Å². The van der Waals surface area contributed by atoms with Crippen LogP contribution in [0, 0.1) is 0 Å². The highest BCUT2D eigenvalue weighted by Crippen LogP contribution is 2.26. The van der Waals surface area contributed by atoms with Crippen molar-refractivity contribution in [2.75, 3.05) is 13.2 Å². The van der Waals surface area contributed by atoms with E-state index in [0.29, 0.717) is 6.54 Å². The number of aliphatic hydroxyl groups is 1. The minimum atomic E-state index is -0.452. The molecule has 1 aliphatic carbocycles. The first kappa shape index (κ1) is 25.7. The average molecular weight is 508 g/mol. The molecule has 36 heavy (non-hydrogen) atoms. The fraction of sp³-hybridized carbons (Fsp3) is 0.321. The van der Waals surface area contributed by atoms with Crippen molar-refractivity contribution in [2.45, 2.75) is 44.6 Å². The zero-order valence-electron chi connectivity index (χ0n) is 20.0. The molecule has 0 unspecified atom stereocenters. The Morgan fingerprint density at radius 2 is 1.81 bits per heavy atom. The Hall–Kier alpha value is -3.42. The van der Waals surface area contributed by atoms with E-state index in [1.54, 1.807) is 6.21 Å².